The molecule has 0 aliphatic heterocycles. The molecule has 0 saturated heterocycles. The van der Waals surface area contributed by atoms with Crippen LogP contribution in [-0.2, 0) is 28.6 Å². The van der Waals surface area contributed by atoms with Crippen molar-refractivity contribution in [3.63, 3.8) is 0 Å². The molecule has 2 aliphatic rings. The Labute approximate surface area is 114 Å². The third-order valence-corrected chi connectivity index (χ3v) is 5.35. The maximum absolute atomic E-state index is 11.1. The van der Waals surface area contributed by atoms with Crippen molar-refractivity contribution in [2.75, 3.05) is 25.7 Å². The fourth-order valence-electron chi connectivity index (χ4n) is 3.45. The van der Waals surface area contributed by atoms with E-state index in [0.717, 1.165) is 31.8 Å². The second-order valence-corrected chi connectivity index (χ2v) is 8.93. The van der Waals surface area contributed by atoms with Gasteiger partial charge in [-0.2, -0.15) is 16.8 Å². The summed E-state index contributed by atoms with van der Waals surface area (Å²) >= 11 is 0. The van der Waals surface area contributed by atoms with Gasteiger partial charge in [0.2, 0.25) is 0 Å². The second kappa shape index (κ2) is 5.31. The quantitative estimate of drug-likeness (QED) is 0.668. The van der Waals surface area contributed by atoms with Gasteiger partial charge in [0.25, 0.3) is 20.2 Å². The van der Waals surface area contributed by atoms with Crippen molar-refractivity contribution in [3.8, 4) is 0 Å². The topological polar surface area (TPSA) is 86.7 Å². The fourth-order valence-corrected chi connectivity index (χ4v) is 4.26. The minimum atomic E-state index is -3.45. The number of fused-ring (bicyclic) bond motifs is 2. The molecule has 6 nitrogen and oxygen atoms in total. The molecule has 112 valence electrons. The van der Waals surface area contributed by atoms with E-state index in [1.54, 1.807) is 0 Å². The van der Waals surface area contributed by atoms with Crippen LogP contribution in [0.15, 0.2) is 0 Å². The molecule has 0 N–H and O–H groups in total. The van der Waals surface area contributed by atoms with Gasteiger partial charge in [0.1, 0.15) is 0 Å². The van der Waals surface area contributed by atoms with Crippen molar-refractivity contribution in [1.29, 1.82) is 0 Å². The van der Waals surface area contributed by atoms with Crippen LogP contribution in [0.5, 0.6) is 0 Å². The molecular formula is C11H20O6S2. The van der Waals surface area contributed by atoms with Crippen LogP contribution >= 0.6 is 0 Å². The van der Waals surface area contributed by atoms with Crippen LogP contribution in [0.25, 0.3) is 0 Å². The molecule has 0 aromatic heterocycles. The van der Waals surface area contributed by atoms with Crippen LogP contribution in [0.1, 0.15) is 19.3 Å². The van der Waals surface area contributed by atoms with E-state index in [1.165, 1.54) is 0 Å². The SMILES string of the molecule is CS(=O)(=O)OC[C@@H]1[C@@H]2CC[C@@H](C2)[C@@H]1COS(C)(=O)=O. The lowest BCUT2D eigenvalue weighted by atomic mass is 9.80. The summed E-state index contributed by atoms with van der Waals surface area (Å²) in [6.45, 7) is 0.273. The van der Waals surface area contributed by atoms with E-state index >= 15 is 0 Å². The highest BCUT2D eigenvalue weighted by molar-refractivity contribution is 7.86. The highest BCUT2D eigenvalue weighted by Gasteiger charge is 2.48. The zero-order chi connectivity index (χ0) is 14.3. The number of rotatable bonds is 6. The summed E-state index contributed by atoms with van der Waals surface area (Å²) in [5.41, 5.74) is 0. The molecule has 0 radical (unpaired) electrons. The summed E-state index contributed by atoms with van der Waals surface area (Å²) in [5.74, 6) is 1.02. The molecule has 4 atom stereocenters. The maximum atomic E-state index is 11.1. The highest BCUT2D eigenvalue weighted by atomic mass is 32.2. The highest BCUT2D eigenvalue weighted by Crippen LogP contribution is 2.52. The van der Waals surface area contributed by atoms with E-state index < -0.39 is 20.2 Å². The van der Waals surface area contributed by atoms with Gasteiger partial charge in [-0.05, 0) is 42.9 Å². The standard InChI is InChI=1S/C11H20O6S2/c1-18(12,13)16-6-10-8-3-4-9(5-8)11(10)7-17-19(2,14)15/h8-11H,3-7H2,1-2H3/t8-,9+,10-,11+. The Kier molecular flexibility index (Phi) is 4.25. The summed E-state index contributed by atoms with van der Waals surface area (Å²) in [4.78, 5) is 0. The molecule has 0 aromatic carbocycles. The van der Waals surface area contributed by atoms with Crippen molar-refractivity contribution in [1.82, 2.24) is 0 Å². The van der Waals surface area contributed by atoms with Crippen molar-refractivity contribution < 1.29 is 25.2 Å². The first-order chi connectivity index (χ1) is 8.66. The van der Waals surface area contributed by atoms with Gasteiger partial charge in [0, 0.05) is 0 Å². The van der Waals surface area contributed by atoms with Gasteiger partial charge in [0.15, 0.2) is 0 Å². The van der Waals surface area contributed by atoms with Crippen molar-refractivity contribution in [2.45, 2.75) is 19.3 Å². The van der Waals surface area contributed by atoms with Crippen LogP contribution < -0.4 is 0 Å². The van der Waals surface area contributed by atoms with Gasteiger partial charge in [-0.15, -0.1) is 0 Å². The van der Waals surface area contributed by atoms with Crippen LogP contribution in [0, 0.1) is 23.7 Å². The van der Waals surface area contributed by atoms with E-state index in [-0.39, 0.29) is 25.0 Å². The first kappa shape index (κ1) is 15.2. The van der Waals surface area contributed by atoms with E-state index in [0.29, 0.717) is 11.8 Å². The van der Waals surface area contributed by atoms with Gasteiger partial charge in [-0.1, -0.05) is 0 Å². The van der Waals surface area contributed by atoms with Gasteiger partial charge in [-0.3, -0.25) is 8.37 Å². The van der Waals surface area contributed by atoms with Crippen LogP contribution in [-0.4, -0.2) is 42.6 Å². The average molecular weight is 312 g/mol. The Morgan fingerprint density at radius 1 is 0.842 bits per heavy atom. The molecule has 19 heavy (non-hydrogen) atoms. The number of hydrogen-bond donors (Lipinski definition) is 0. The smallest absolute Gasteiger partial charge is 0.264 e. The van der Waals surface area contributed by atoms with Gasteiger partial charge >= 0.3 is 0 Å². The average Bonchev–Trinajstić information content (AvgIpc) is 2.81. The monoisotopic (exact) mass is 312 g/mol. The molecule has 2 rings (SSSR count). The lowest BCUT2D eigenvalue weighted by Crippen LogP contribution is -2.31. The van der Waals surface area contributed by atoms with E-state index in [4.69, 9.17) is 8.37 Å². The molecule has 0 unspecified atom stereocenters. The Balaban J connectivity index is 1.99. The van der Waals surface area contributed by atoms with Crippen molar-refractivity contribution >= 4 is 20.2 Å². The first-order valence-corrected chi connectivity index (χ1v) is 9.98. The largest absolute Gasteiger partial charge is 0.270 e. The third kappa shape index (κ3) is 4.14. The maximum Gasteiger partial charge on any atom is 0.264 e. The van der Waals surface area contributed by atoms with E-state index in [2.05, 4.69) is 0 Å². The molecule has 2 fully saturated rings. The van der Waals surface area contributed by atoms with Crippen LogP contribution in [0.3, 0.4) is 0 Å². The predicted octanol–water partition coefficient (Wildman–Crippen LogP) is 0.601. The van der Waals surface area contributed by atoms with Crippen LogP contribution in [0.4, 0.5) is 0 Å². The minimum Gasteiger partial charge on any atom is -0.270 e. The summed E-state index contributed by atoms with van der Waals surface area (Å²) in [6, 6.07) is 0. The van der Waals surface area contributed by atoms with Crippen molar-refractivity contribution in [3.05, 3.63) is 0 Å². The Bertz CT molecular complexity index is 475. The first-order valence-electron chi connectivity index (χ1n) is 6.34. The molecule has 0 aromatic rings. The lowest BCUT2D eigenvalue weighted by molar-refractivity contribution is 0.102. The predicted molar refractivity (Wildman–Crippen MR) is 69.4 cm³/mol. The molecule has 8 heteroatoms. The third-order valence-electron chi connectivity index (χ3n) is 4.22. The summed E-state index contributed by atoms with van der Waals surface area (Å²) in [6.07, 6.45) is 5.22. The molecule has 2 aliphatic carbocycles. The van der Waals surface area contributed by atoms with Crippen LogP contribution in [0.2, 0.25) is 0 Å². The molecular weight excluding hydrogens is 292 g/mol. The zero-order valence-corrected chi connectivity index (χ0v) is 12.7. The normalized spacial score (nSPS) is 34.8. The Morgan fingerprint density at radius 2 is 1.21 bits per heavy atom. The molecule has 0 heterocycles. The van der Waals surface area contributed by atoms with E-state index in [9.17, 15) is 16.8 Å². The summed E-state index contributed by atoms with van der Waals surface area (Å²) < 4.78 is 54.1. The Hall–Kier alpha value is -0.180. The lowest BCUT2D eigenvalue weighted by Gasteiger charge is -2.29. The van der Waals surface area contributed by atoms with Gasteiger partial charge < -0.3 is 0 Å². The zero-order valence-electron chi connectivity index (χ0n) is 11.1. The van der Waals surface area contributed by atoms with Gasteiger partial charge in [0.05, 0.1) is 25.7 Å². The Morgan fingerprint density at radius 3 is 1.53 bits per heavy atom. The summed E-state index contributed by atoms with van der Waals surface area (Å²) in [5, 5.41) is 0. The van der Waals surface area contributed by atoms with E-state index in [1.807, 2.05) is 0 Å². The fraction of sp³-hybridized carbons (Fsp3) is 1.00. The molecule has 2 saturated carbocycles. The second-order valence-electron chi connectivity index (χ2n) is 5.64. The molecule has 0 amide bonds. The molecule has 2 bridgehead atoms. The van der Waals surface area contributed by atoms with Gasteiger partial charge in [-0.25, -0.2) is 0 Å². The minimum absolute atomic E-state index is 0.0789. The summed E-state index contributed by atoms with van der Waals surface area (Å²) in [7, 11) is -6.91. The van der Waals surface area contributed by atoms with Crippen molar-refractivity contribution in [2.24, 2.45) is 23.7 Å². The number of hydrogen-bond acceptors (Lipinski definition) is 6. The molecule has 0 spiro atoms.